The Hall–Kier alpha value is -1.19. The highest BCUT2D eigenvalue weighted by Crippen LogP contribution is 2.30. The lowest BCUT2D eigenvalue weighted by Crippen LogP contribution is -2.30. The zero-order valence-electron chi connectivity index (χ0n) is 18.2. The van der Waals surface area contributed by atoms with E-state index in [0.29, 0.717) is 18.3 Å². The molecule has 1 N–H and O–H groups in total. The Morgan fingerprint density at radius 3 is 1.77 bits per heavy atom. The van der Waals surface area contributed by atoms with Crippen molar-refractivity contribution < 1.29 is 9.53 Å². The van der Waals surface area contributed by atoms with E-state index in [1.165, 1.54) is 16.7 Å². The average molecular weight is 362 g/mol. The van der Waals surface area contributed by atoms with Gasteiger partial charge in [-0.2, -0.15) is 0 Å². The van der Waals surface area contributed by atoms with Crippen LogP contribution in [0, 0.1) is 12.3 Å². The third-order valence-electron chi connectivity index (χ3n) is 4.59. The Morgan fingerprint density at radius 1 is 1.04 bits per heavy atom. The third kappa shape index (κ3) is 7.59. The van der Waals surface area contributed by atoms with Gasteiger partial charge in [0.05, 0.1) is 13.2 Å². The number of nitrogens with one attached hydrogen (secondary N) is 1. The molecule has 1 saturated heterocycles. The molecular formula is C23H39NO2. The van der Waals surface area contributed by atoms with Crippen molar-refractivity contribution in [2.75, 3.05) is 26.3 Å². The maximum atomic E-state index is 12.5. The Labute approximate surface area is 160 Å². The van der Waals surface area contributed by atoms with Crippen molar-refractivity contribution in [2.24, 2.45) is 5.41 Å². The summed E-state index contributed by atoms with van der Waals surface area (Å²) in [6.45, 7) is 21.2. The second-order valence-corrected chi connectivity index (χ2v) is 9.11. The molecule has 3 nitrogen and oxygen atoms in total. The van der Waals surface area contributed by atoms with Gasteiger partial charge in [0, 0.05) is 25.1 Å². The number of Topliss-reactive ketones (excluding diaryl/α,β-unsaturated/α-hetero) is 1. The summed E-state index contributed by atoms with van der Waals surface area (Å²) in [6.07, 6.45) is 0.602. The van der Waals surface area contributed by atoms with E-state index in [1.54, 1.807) is 0 Å². The van der Waals surface area contributed by atoms with Crippen LogP contribution in [0.1, 0.15) is 93.8 Å². The molecule has 26 heavy (non-hydrogen) atoms. The highest BCUT2D eigenvalue weighted by Gasteiger charge is 2.20. The van der Waals surface area contributed by atoms with Crippen molar-refractivity contribution in [2.45, 2.75) is 73.6 Å². The number of carbonyl (C=O) groups excluding carboxylic acids is 1. The van der Waals surface area contributed by atoms with Crippen LogP contribution in [-0.2, 0) is 4.74 Å². The van der Waals surface area contributed by atoms with Gasteiger partial charge in [-0.05, 0) is 53.0 Å². The highest BCUT2D eigenvalue weighted by molar-refractivity contribution is 5.97. The van der Waals surface area contributed by atoms with Crippen LogP contribution in [0.5, 0.6) is 0 Å². The minimum absolute atomic E-state index is 0.0396. The Balaban J connectivity index is 0.000000472. The smallest absolute Gasteiger partial charge is 0.163 e. The SMILES string of the molecule is C1COCCN1.Cc1c(C(C)C)cc(C(=O)CC(C)(C)C)cc1C(C)C. The Morgan fingerprint density at radius 2 is 1.50 bits per heavy atom. The van der Waals surface area contributed by atoms with Crippen LogP contribution < -0.4 is 5.32 Å². The molecule has 0 spiro atoms. The summed E-state index contributed by atoms with van der Waals surface area (Å²) in [5.41, 5.74) is 4.90. The number of morpholine rings is 1. The van der Waals surface area contributed by atoms with Crippen LogP contribution in [-0.4, -0.2) is 32.1 Å². The standard InChI is InChI=1S/C19H30O.C4H9NO/c1-12(2)16-9-15(18(20)11-19(6,7)8)10-17(13(3)4)14(16)5;1-3-6-4-2-5-1/h9-10,12-13H,11H2,1-8H3;5H,1-4H2. The number of benzene rings is 1. The molecule has 0 saturated carbocycles. The third-order valence-corrected chi connectivity index (χ3v) is 4.59. The summed E-state index contributed by atoms with van der Waals surface area (Å²) in [5.74, 6) is 1.17. The molecule has 1 aliphatic heterocycles. The van der Waals surface area contributed by atoms with Gasteiger partial charge in [0.25, 0.3) is 0 Å². The van der Waals surface area contributed by atoms with Gasteiger partial charge < -0.3 is 10.1 Å². The van der Waals surface area contributed by atoms with Gasteiger partial charge in [0.2, 0.25) is 0 Å². The minimum atomic E-state index is 0.0396. The normalized spacial score (nSPS) is 15.0. The highest BCUT2D eigenvalue weighted by atomic mass is 16.5. The molecule has 1 fully saturated rings. The van der Waals surface area contributed by atoms with E-state index in [2.05, 4.69) is 72.8 Å². The summed E-state index contributed by atoms with van der Waals surface area (Å²) in [4.78, 5) is 12.5. The lowest BCUT2D eigenvalue weighted by Gasteiger charge is -2.21. The first-order valence-corrected chi connectivity index (χ1v) is 9.99. The molecule has 0 aromatic heterocycles. The van der Waals surface area contributed by atoms with Crippen LogP contribution >= 0.6 is 0 Å². The van der Waals surface area contributed by atoms with E-state index >= 15 is 0 Å². The molecule has 0 radical (unpaired) electrons. The van der Waals surface area contributed by atoms with E-state index in [-0.39, 0.29) is 11.2 Å². The fourth-order valence-corrected chi connectivity index (χ4v) is 3.22. The Bertz CT molecular complexity index is 538. The number of hydrogen-bond donors (Lipinski definition) is 1. The zero-order chi connectivity index (χ0) is 19.9. The molecule has 0 aliphatic carbocycles. The summed E-state index contributed by atoms with van der Waals surface area (Å²) < 4.78 is 5.01. The molecule has 2 rings (SSSR count). The topological polar surface area (TPSA) is 38.3 Å². The number of hydrogen-bond acceptors (Lipinski definition) is 3. The Kier molecular flexibility index (Phi) is 8.99. The summed E-state index contributed by atoms with van der Waals surface area (Å²) in [6, 6.07) is 4.22. The van der Waals surface area contributed by atoms with Crippen LogP contribution in [0.4, 0.5) is 0 Å². The van der Waals surface area contributed by atoms with Gasteiger partial charge >= 0.3 is 0 Å². The van der Waals surface area contributed by atoms with E-state index < -0.39 is 0 Å². The van der Waals surface area contributed by atoms with Crippen LogP contribution in [0.25, 0.3) is 0 Å². The van der Waals surface area contributed by atoms with Gasteiger partial charge in [-0.3, -0.25) is 4.79 Å². The van der Waals surface area contributed by atoms with Crippen molar-refractivity contribution in [3.63, 3.8) is 0 Å². The van der Waals surface area contributed by atoms with E-state index in [4.69, 9.17) is 4.74 Å². The van der Waals surface area contributed by atoms with Gasteiger partial charge in [-0.1, -0.05) is 48.5 Å². The van der Waals surface area contributed by atoms with Gasteiger partial charge in [-0.25, -0.2) is 0 Å². The summed E-state index contributed by atoms with van der Waals surface area (Å²) in [7, 11) is 0. The first-order chi connectivity index (χ1) is 12.0. The van der Waals surface area contributed by atoms with Crippen LogP contribution in [0.2, 0.25) is 0 Å². The number of ketones is 1. The molecule has 1 aromatic rings. The predicted molar refractivity (Wildman–Crippen MR) is 111 cm³/mol. The lowest BCUT2D eigenvalue weighted by molar-refractivity contribution is 0.0939. The lowest BCUT2D eigenvalue weighted by atomic mass is 9.83. The molecule has 1 aromatic carbocycles. The molecule has 0 atom stereocenters. The monoisotopic (exact) mass is 361 g/mol. The molecule has 0 bridgehead atoms. The van der Waals surface area contributed by atoms with Gasteiger partial charge in [0.1, 0.15) is 0 Å². The second-order valence-electron chi connectivity index (χ2n) is 9.11. The van der Waals surface area contributed by atoms with Crippen molar-refractivity contribution in [1.29, 1.82) is 0 Å². The summed E-state index contributed by atoms with van der Waals surface area (Å²) >= 11 is 0. The van der Waals surface area contributed by atoms with Crippen molar-refractivity contribution in [1.82, 2.24) is 5.32 Å². The first kappa shape index (κ1) is 22.9. The second kappa shape index (κ2) is 10.2. The average Bonchev–Trinajstić information content (AvgIpc) is 2.55. The fourth-order valence-electron chi connectivity index (χ4n) is 3.22. The summed E-state index contributed by atoms with van der Waals surface area (Å²) in [5, 5.41) is 3.16. The van der Waals surface area contributed by atoms with E-state index in [9.17, 15) is 4.79 Å². The van der Waals surface area contributed by atoms with Gasteiger partial charge in [0.15, 0.2) is 5.78 Å². The molecule has 148 valence electrons. The molecule has 1 aliphatic rings. The fraction of sp³-hybridized carbons (Fsp3) is 0.696. The number of carbonyl (C=O) groups is 1. The maximum Gasteiger partial charge on any atom is 0.163 e. The molecule has 0 unspecified atom stereocenters. The van der Waals surface area contributed by atoms with Gasteiger partial charge in [-0.15, -0.1) is 0 Å². The van der Waals surface area contributed by atoms with Crippen LogP contribution in [0.3, 0.4) is 0 Å². The maximum absolute atomic E-state index is 12.5. The van der Waals surface area contributed by atoms with Crippen LogP contribution in [0.15, 0.2) is 12.1 Å². The van der Waals surface area contributed by atoms with E-state index in [1.807, 2.05) is 0 Å². The largest absolute Gasteiger partial charge is 0.379 e. The first-order valence-electron chi connectivity index (χ1n) is 9.99. The minimum Gasteiger partial charge on any atom is -0.379 e. The molecule has 0 amide bonds. The molecule has 1 heterocycles. The zero-order valence-corrected chi connectivity index (χ0v) is 18.2. The molecular weight excluding hydrogens is 322 g/mol. The quantitative estimate of drug-likeness (QED) is 0.723. The van der Waals surface area contributed by atoms with Crippen molar-refractivity contribution >= 4 is 5.78 Å². The van der Waals surface area contributed by atoms with E-state index in [0.717, 1.165) is 31.9 Å². The van der Waals surface area contributed by atoms with Crippen molar-refractivity contribution in [3.8, 4) is 0 Å². The number of rotatable bonds is 4. The molecule has 3 heteroatoms. The number of ether oxygens (including phenoxy) is 1. The predicted octanol–water partition coefficient (Wildman–Crippen LogP) is 5.47. The van der Waals surface area contributed by atoms with Crippen molar-refractivity contribution in [3.05, 3.63) is 34.4 Å².